The standard InChI is InChI=1S/C20H26N4O3/c1-14-18(11-16(21)13-22-14)15-10-19(24-4-8-26-9-5-24)20(23-12-15)27-17-2-6-25-7-3-17/h10-13,17H,2-9,21H2,1H3. The molecule has 4 rings (SSSR count). The van der Waals surface area contributed by atoms with Crippen LogP contribution in [0.2, 0.25) is 0 Å². The molecule has 2 saturated heterocycles. The number of nitrogens with two attached hydrogens (primary N) is 1. The number of nitrogen functional groups attached to an aromatic ring is 1. The van der Waals surface area contributed by atoms with Crippen LogP contribution in [0.15, 0.2) is 24.5 Å². The van der Waals surface area contributed by atoms with Crippen molar-refractivity contribution in [3.05, 3.63) is 30.2 Å². The maximum absolute atomic E-state index is 6.27. The first-order chi connectivity index (χ1) is 13.2. The Morgan fingerprint density at radius 2 is 1.78 bits per heavy atom. The van der Waals surface area contributed by atoms with Gasteiger partial charge in [0.05, 0.1) is 38.3 Å². The van der Waals surface area contributed by atoms with Crippen molar-refractivity contribution < 1.29 is 14.2 Å². The Bertz CT molecular complexity index is 787. The van der Waals surface area contributed by atoms with Gasteiger partial charge in [0, 0.05) is 48.9 Å². The lowest BCUT2D eigenvalue weighted by Gasteiger charge is -2.31. The molecule has 27 heavy (non-hydrogen) atoms. The number of hydrogen-bond donors (Lipinski definition) is 1. The average molecular weight is 370 g/mol. The third kappa shape index (κ3) is 4.14. The van der Waals surface area contributed by atoms with E-state index in [1.54, 1.807) is 6.20 Å². The van der Waals surface area contributed by atoms with Crippen molar-refractivity contribution >= 4 is 11.4 Å². The van der Waals surface area contributed by atoms with Crippen LogP contribution in [0.4, 0.5) is 11.4 Å². The second-order valence-corrected chi connectivity index (χ2v) is 6.98. The van der Waals surface area contributed by atoms with E-state index in [1.807, 2.05) is 19.2 Å². The predicted molar refractivity (Wildman–Crippen MR) is 104 cm³/mol. The van der Waals surface area contributed by atoms with E-state index in [-0.39, 0.29) is 6.10 Å². The smallest absolute Gasteiger partial charge is 0.237 e. The minimum atomic E-state index is 0.146. The molecule has 7 heteroatoms. The molecule has 0 aromatic carbocycles. The lowest BCUT2D eigenvalue weighted by Crippen LogP contribution is -2.37. The van der Waals surface area contributed by atoms with Crippen LogP contribution >= 0.6 is 0 Å². The Labute approximate surface area is 159 Å². The van der Waals surface area contributed by atoms with Crippen LogP contribution in [0.25, 0.3) is 11.1 Å². The molecule has 2 aliphatic rings. The number of aromatic nitrogens is 2. The molecule has 0 amide bonds. The van der Waals surface area contributed by atoms with Crippen LogP contribution in [0.1, 0.15) is 18.5 Å². The Morgan fingerprint density at radius 3 is 2.56 bits per heavy atom. The fraction of sp³-hybridized carbons (Fsp3) is 0.500. The highest BCUT2D eigenvalue weighted by molar-refractivity contribution is 5.73. The van der Waals surface area contributed by atoms with Gasteiger partial charge in [0.25, 0.3) is 0 Å². The monoisotopic (exact) mass is 370 g/mol. The van der Waals surface area contributed by atoms with Gasteiger partial charge in [-0.15, -0.1) is 0 Å². The van der Waals surface area contributed by atoms with Crippen molar-refractivity contribution in [1.29, 1.82) is 0 Å². The minimum Gasteiger partial charge on any atom is -0.473 e. The van der Waals surface area contributed by atoms with E-state index in [2.05, 4.69) is 20.9 Å². The van der Waals surface area contributed by atoms with E-state index in [0.29, 0.717) is 24.8 Å². The van der Waals surface area contributed by atoms with E-state index >= 15 is 0 Å². The van der Waals surface area contributed by atoms with Crippen molar-refractivity contribution in [3.8, 4) is 17.0 Å². The Balaban J connectivity index is 1.69. The summed E-state index contributed by atoms with van der Waals surface area (Å²) in [4.78, 5) is 11.3. The number of ether oxygens (including phenoxy) is 3. The molecule has 4 heterocycles. The fourth-order valence-electron chi connectivity index (χ4n) is 3.50. The van der Waals surface area contributed by atoms with Crippen LogP contribution in [-0.4, -0.2) is 55.6 Å². The van der Waals surface area contributed by atoms with E-state index in [4.69, 9.17) is 19.9 Å². The number of anilines is 2. The van der Waals surface area contributed by atoms with Crippen LogP contribution in [0.3, 0.4) is 0 Å². The Hall–Kier alpha value is -2.38. The van der Waals surface area contributed by atoms with Gasteiger partial charge in [0.15, 0.2) is 0 Å². The zero-order valence-corrected chi connectivity index (χ0v) is 15.7. The first-order valence-electron chi connectivity index (χ1n) is 9.50. The zero-order chi connectivity index (χ0) is 18.6. The third-order valence-electron chi connectivity index (χ3n) is 5.05. The number of nitrogens with zero attached hydrogens (tertiary/aromatic N) is 3. The topological polar surface area (TPSA) is 82.7 Å². The summed E-state index contributed by atoms with van der Waals surface area (Å²) in [5.41, 5.74) is 10.5. The van der Waals surface area contributed by atoms with Crippen molar-refractivity contribution in [2.24, 2.45) is 0 Å². The lowest BCUT2D eigenvalue weighted by molar-refractivity contribution is 0.0238. The normalized spacial score (nSPS) is 18.5. The summed E-state index contributed by atoms with van der Waals surface area (Å²) in [7, 11) is 0. The zero-order valence-electron chi connectivity index (χ0n) is 15.7. The summed E-state index contributed by atoms with van der Waals surface area (Å²) in [5, 5.41) is 0. The van der Waals surface area contributed by atoms with Crippen LogP contribution in [0.5, 0.6) is 5.88 Å². The molecule has 0 bridgehead atoms. The summed E-state index contributed by atoms with van der Waals surface area (Å²) >= 11 is 0. The van der Waals surface area contributed by atoms with Gasteiger partial charge in [-0.2, -0.15) is 0 Å². The molecule has 0 radical (unpaired) electrons. The summed E-state index contributed by atoms with van der Waals surface area (Å²) < 4.78 is 17.2. The second kappa shape index (κ2) is 8.10. The third-order valence-corrected chi connectivity index (χ3v) is 5.05. The van der Waals surface area contributed by atoms with Gasteiger partial charge in [-0.1, -0.05) is 0 Å². The molecule has 2 N–H and O–H groups in total. The van der Waals surface area contributed by atoms with Gasteiger partial charge < -0.3 is 24.8 Å². The van der Waals surface area contributed by atoms with Gasteiger partial charge in [-0.05, 0) is 19.1 Å². The van der Waals surface area contributed by atoms with Crippen molar-refractivity contribution in [3.63, 3.8) is 0 Å². The lowest BCUT2D eigenvalue weighted by atomic mass is 10.1. The molecule has 0 atom stereocenters. The van der Waals surface area contributed by atoms with Crippen molar-refractivity contribution in [1.82, 2.24) is 9.97 Å². The van der Waals surface area contributed by atoms with Gasteiger partial charge in [0.1, 0.15) is 11.8 Å². The highest BCUT2D eigenvalue weighted by Crippen LogP contribution is 2.34. The molecule has 0 unspecified atom stereocenters. The number of morpholine rings is 1. The molecule has 2 aromatic rings. The molecular weight excluding hydrogens is 344 g/mol. The average Bonchev–Trinajstić information content (AvgIpc) is 2.72. The summed E-state index contributed by atoms with van der Waals surface area (Å²) in [5.74, 6) is 0.682. The van der Waals surface area contributed by atoms with Crippen LogP contribution < -0.4 is 15.4 Å². The van der Waals surface area contributed by atoms with E-state index < -0.39 is 0 Å². The molecule has 7 nitrogen and oxygen atoms in total. The Kier molecular flexibility index (Phi) is 5.40. The first kappa shape index (κ1) is 18.0. The molecular formula is C20H26N4O3. The maximum Gasteiger partial charge on any atom is 0.237 e. The number of hydrogen-bond acceptors (Lipinski definition) is 7. The van der Waals surface area contributed by atoms with E-state index in [1.165, 1.54) is 0 Å². The Morgan fingerprint density at radius 1 is 1.04 bits per heavy atom. The van der Waals surface area contributed by atoms with Gasteiger partial charge in [-0.3, -0.25) is 4.98 Å². The summed E-state index contributed by atoms with van der Waals surface area (Å²) in [6, 6.07) is 4.08. The quantitative estimate of drug-likeness (QED) is 0.885. The summed E-state index contributed by atoms with van der Waals surface area (Å²) in [6.07, 6.45) is 5.46. The number of pyridine rings is 2. The first-order valence-corrected chi connectivity index (χ1v) is 9.50. The molecule has 2 aromatic heterocycles. The molecule has 0 aliphatic carbocycles. The predicted octanol–water partition coefficient (Wildman–Crippen LogP) is 2.43. The SMILES string of the molecule is Cc1ncc(N)cc1-c1cnc(OC2CCOCC2)c(N2CCOCC2)c1. The molecule has 0 spiro atoms. The molecule has 144 valence electrons. The highest BCUT2D eigenvalue weighted by atomic mass is 16.5. The maximum atomic E-state index is 6.27. The van der Waals surface area contributed by atoms with Gasteiger partial charge >= 0.3 is 0 Å². The number of rotatable bonds is 4. The molecule has 2 fully saturated rings. The van der Waals surface area contributed by atoms with Gasteiger partial charge in [0.2, 0.25) is 5.88 Å². The van der Waals surface area contributed by atoms with E-state index in [9.17, 15) is 0 Å². The minimum absolute atomic E-state index is 0.146. The van der Waals surface area contributed by atoms with Crippen LogP contribution in [-0.2, 0) is 9.47 Å². The second-order valence-electron chi connectivity index (χ2n) is 6.98. The molecule has 0 saturated carbocycles. The fourth-order valence-corrected chi connectivity index (χ4v) is 3.50. The van der Waals surface area contributed by atoms with Crippen LogP contribution in [0, 0.1) is 6.92 Å². The van der Waals surface area contributed by atoms with Crippen molar-refractivity contribution in [2.75, 3.05) is 50.2 Å². The highest BCUT2D eigenvalue weighted by Gasteiger charge is 2.22. The number of aryl methyl sites for hydroxylation is 1. The van der Waals surface area contributed by atoms with E-state index in [0.717, 1.165) is 61.7 Å². The molecule has 2 aliphatic heterocycles. The largest absolute Gasteiger partial charge is 0.473 e. The summed E-state index contributed by atoms with van der Waals surface area (Å²) in [6.45, 7) is 6.52. The van der Waals surface area contributed by atoms with Gasteiger partial charge in [-0.25, -0.2) is 4.98 Å². The van der Waals surface area contributed by atoms with Crippen molar-refractivity contribution in [2.45, 2.75) is 25.9 Å².